The van der Waals surface area contributed by atoms with Gasteiger partial charge in [0.1, 0.15) is 0 Å². The van der Waals surface area contributed by atoms with Gasteiger partial charge >= 0.3 is 5.97 Å². The predicted octanol–water partition coefficient (Wildman–Crippen LogP) is 2.70. The van der Waals surface area contributed by atoms with Gasteiger partial charge in [0.15, 0.2) is 5.69 Å². The van der Waals surface area contributed by atoms with Crippen LogP contribution in [0.15, 0.2) is 29.6 Å². The molecule has 0 unspecified atom stereocenters. The Morgan fingerprint density at radius 1 is 1.17 bits per heavy atom. The van der Waals surface area contributed by atoms with E-state index in [-0.39, 0.29) is 11.6 Å². The van der Waals surface area contributed by atoms with Crippen LogP contribution in [0.4, 0.5) is 0 Å². The van der Waals surface area contributed by atoms with Crippen LogP contribution in [0.25, 0.3) is 0 Å². The maximum atomic E-state index is 11.8. The highest BCUT2D eigenvalue weighted by atomic mass is 32.1. The molecule has 0 atom stereocenters. The minimum Gasteiger partial charge on any atom is -0.476 e. The Labute approximate surface area is 139 Å². The Bertz CT molecular complexity index is 665. The van der Waals surface area contributed by atoms with E-state index in [2.05, 4.69) is 41.5 Å². The van der Waals surface area contributed by atoms with Crippen LogP contribution in [0.3, 0.4) is 0 Å². The third kappa shape index (κ3) is 5.49. The van der Waals surface area contributed by atoms with Gasteiger partial charge < -0.3 is 10.4 Å². The molecule has 2 rings (SSSR count). The third-order valence-corrected chi connectivity index (χ3v) is 4.41. The molecule has 2 aromatic rings. The summed E-state index contributed by atoms with van der Waals surface area (Å²) in [5.74, 6) is -1.02. The molecule has 1 aromatic heterocycles. The van der Waals surface area contributed by atoms with Crippen LogP contribution in [0.5, 0.6) is 0 Å². The number of hydrogen-bond acceptors (Lipinski definition) is 4. The lowest BCUT2D eigenvalue weighted by Crippen LogP contribution is -2.25. The largest absolute Gasteiger partial charge is 0.476 e. The van der Waals surface area contributed by atoms with E-state index < -0.39 is 5.97 Å². The Morgan fingerprint density at radius 2 is 1.87 bits per heavy atom. The van der Waals surface area contributed by atoms with Crippen LogP contribution in [-0.2, 0) is 24.1 Å². The zero-order valence-electron chi connectivity index (χ0n) is 13.0. The van der Waals surface area contributed by atoms with E-state index in [9.17, 15) is 9.59 Å². The minimum atomic E-state index is -1.02. The monoisotopic (exact) mass is 332 g/mol. The van der Waals surface area contributed by atoms with Crippen molar-refractivity contribution in [1.29, 1.82) is 0 Å². The molecule has 1 aromatic carbocycles. The van der Waals surface area contributed by atoms with Crippen molar-refractivity contribution in [2.75, 3.05) is 6.54 Å². The number of aromatic carboxylic acids is 1. The number of nitrogens with one attached hydrogen (secondary N) is 1. The molecule has 2 N–H and O–H groups in total. The summed E-state index contributed by atoms with van der Waals surface area (Å²) in [6, 6.07) is 8.32. The SMILES string of the molecule is CCc1ccc(CCC(=O)NCCc2nc(C(=O)O)cs2)cc1. The second-order valence-electron chi connectivity index (χ2n) is 5.20. The van der Waals surface area contributed by atoms with Gasteiger partial charge in [-0.2, -0.15) is 0 Å². The molecule has 122 valence electrons. The summed E-state index contributed by atoms with van der Waals surface area (Å²) in [4.78, 5) is 26.5. The van der Waals surface area contributed by atoms with Crippen LogP contribution in [0.2, 0.25) is 0 Å². The van der Waals surface area contributed by atoms with Crippen molar-refractivity contribution in [3.63, 3.8) is 0 Å². The van der Waals surface area contributed by atoms with E-state index in [1.165, 1.54) is 22.3 Å². The maximum absolute atomic E-state index is 11.8. The van der Waals surface area contributed by atoms with Gasteiger partial charge in [0.05, 0.1) is 5.01 Å². The molecule has 23 heavy (non-hydrogen) atoms. The van der Waals surface area contributed by atoms with Gasteiger partial charge in [-0.05, 0) is 24.0 Å². The molecular weight excluding hydrogens is 312 g/mol. The number of hydrogen-bond donors (Lipinski definition) is 2. The highest BCUT2D eigenvalue weighted by Crippen LogP contribution is 2.10. The average molecular weight is 332 g/mol. The van der Waals surface area contributed by atoms with Crippen LogP contribution >= 0.6 is 11.3 Å². The average Bonchev–Trinajstić information content (AvgIpc) is 3.02. The molecular formula is C17H20N2O3S. The fraction of sp³-hybridized carbons (Fsp3) is 0.353. The van der Waals surface area contributed by atoms with E-state index in [4.69, 9.17) is 5.11 Å². The molecule has 0 spiro atoms. The molecule has 0 saturated carbocycles. The van der Waals surface area contributed by atoms with Gasteiger partial charge in [-0.15, -0.1) is 11.3 Å². The summed E-state index contributed by atoms with van der Waals surface area (Å²) in [5, 5.41) is 13.9. The van der Waals surface area contributed by atoms with Crippen LogP contribution < -0.4 is 5.32 Å². The van der Waals surface area contributed by atoms with Crippen molar-refractivity contribution in [1.82, 2.24) is 10.3 Å². The van der Waals surface area contributed by atoms with Crippen LogP contribution in [0.1, 0.15) is 40.0 Å². The van der Waals surface area contributed by atoms with E-state index in [1.54, 1.807) is 0 Å². The van der Waals surface area contributed by atoms with E-state index in [1.807, 2.05) is 0 Å². The van der Waals surface area contributed by atoms with Gasteiger partial charge in [0.25, 0.3) is 0 Å². The lowest BCUT2D eigenvalue weighted by Gasteiger charge is -2.05. The van der Waals surface area contributed by atoms with Crippen molar-refractivity contribution in [2.45, 2.75) is 32.6 Å². The van der Waals surface area contributed by atoms with Gasteiger partial charge in [-0.1, -0.05) is 31.2 Å². The Kier molecular flexibility index (Phi) is 6.29. The number of carbonyl (C=O) groups is 2. The van der Waals surface area contributed by atoms with Crippen molar-refractivity contribution in [3.05, 3.63) is 51.5 Å². The van der Waals surface area contributed by atoms with E-state index in [0.717, 1.165) is 23.4 Å². The first-order valence-electron chi connectivity index (χ1n) is 7.60. The Morgan fingerprint density at radius 3 is 2.48 bits per heavy atom. The third-order valence-electron chi connectivity index (χ3n) is 3.50. The summed E-state index contributed by atoms with van der Waals surface area (Å²) >= 11 is 1.30. The van der Waals surface area contributed by atoms with Crippen molar-refractivity contribution >= 4 is 23.2 Å². The molecule has 0 bridgehead atoms. The highest BCUT2D eigenvalue weighted by Gasteiger charge is 2.09. The molecule has 0 aliphatic carbocycles. The molecule has 1 amide bonds. The van der Waals surface area contributed by atoms with Gasteiger partial charge in [-0.3, -0.25) is 4.79 Å². The standard InChI is InChI=1S/C17H20N2O3S/c1-2-12-3-5-13(6-4-12)7-8-15(20)18-10-9-16-19-14(11-23-16)17(21)22/h3-6,11H,2,7-10H2,1H3,(H,18,20)(H,21,22). The zero-order valence-corrected chi connectivity index (χ0v) is 13.9. The van der Waals surface area contributed by atoms with Crippen molar-refractivity contribution in [3.8, 4) is 0 Å². The number of aromatic nitrogens is 1. The number of amides is 1. The highest BCUT2D eigenvalue weighted by molar-refractivity contribution is 7.09. The number of benzene rings is 1. The number of carboxylic acids is 1. The summed E-state index contributed by atoms with van der Waals surface area (Å²) in [7, 11) is 0. The summed E-state index contributed by atoms with van der Waals surface area (Å²) in [5.41, 5.74) is 2.51. The van der Waals surface area contributed by atoms with Crippen LogP contribution in [0, 0.1) is 0 Å². The van der Waals surface area contributed by atoms with Crippen molar-refractivity contribution in [2.24, 2.45) is 0 Å². The summed E-state index contributed by atoms with van der Waals surface area (Å²) in [6.45, 7) is 2.59. The number of carbonyl (C=O) groups excluding carboxylic acids is 1. The number of thiazole rings is 1. The fourth-order valence-electron chi connectivity index (χ4n) is 2.12. The molecule has 0 saturated heterocycles. The van der Waals surface area contributed by atoms with Gasteiger partial charge in [0, 0.05) is 24.8 Å². The topological polar surface area (TPSA) is 79.3 Å². The quantitative estimate of drug-likeness (QED) is 0.779. The first kappa shape index (κ1) is 17.1. The Hall–Kier alpha value is -2.21. The number of rotatable bonds is 8. The maximum Gasteiger partial charge on any atom is 0.355 e. The summed E-state index contributed by atoms with van der Waals surface area (Å²) in [6.07, 6.45) is 2.73. The normalized spacial score (nSPS) is 10.5. The van der Waals surface area contributed by atoms with E-state index >= 15 is 0 Å². The van der Waals surface area contributed by atoms with Crippen LogP contribution in [-0.4, -0.2) is 28.5 Å². The zero-order chi connectivity index (χ0) is 16.7. The molecule has 0 aliphatic heterocycles. The first-order chi connectivity index (χ1) is 11.1. The fourth-order valence-corrected chi connectivity index (χ4v) is 2.89. The number of nitrogens with zero attached hydrogens (tertiary/aromatic N) is 1. The minimum absolute atomic E-state index is 0.000387. The lowest BCUT2D eigenvalue weighted by atomic mass is 10.1. The lowest BCUT2D eigenvalue weighted by molar-refractivity contribution is -0.121. The smallest absolute Gasteiger partial charge is 0.355 e. The molecule has 0 radical (unpaired) electrons. The number of aryl methyl sites for hydroxylation is 2. The summed E-state index contributed by atoms with van der Waals surface area (Å²) < 4.78 is 0. The molecule has 5 nitrogen and oxygen atoms in total. The second kappa shape index (κ2) is 8.43. The van der Waals surface area contributed by atoms with Gasteiger partial charge in [0.2, 0.25) is 5.91 Å². The molecule has 0 fully saturated rings. The number of carboxylic acid groups (broad SMARTS) is 1. The van der Waals surface area contributed by atoms with E-state index in [0.29, 0.717) is 19.4 Å². The predicted molar refractivity (Wildman–Crippen MR) is 89.9 cm³/mol. The van der Waals surface area contributed by atoms with Gasteiger partial charge in [-0.25, -0.2) is 9.78 Å². The Balaban J connectivity index is 1.69. The molecule has 6 heteroatoms. The second-order valence-corrected chi connectivity index (χ2v) is 6.14. The first-order valence-corrected chi connectivity index (χ1v) is 8.48. The molecule has 1 heterocycles. The van der Waals surface area contributed by atoms with Crippen molar-refractivity contribution < 1.29 is 14.7 Å². The molecule has 0 aliphatic rings.